The van der Waals surface area contributed by atoms with Gasteiger partial charge in [0.05, 0.1) is 12.3 Å². The van der Waals surface area contributed by atoms with Crippen LogP contribution in [0.25, 0.3) is 0 Å². The predicted octanol–water partition coefficient (Wildman–Crippen LogP) is 4.92. The highest BCUT2D eigenvalue weighted by molar-refractivity contribution is 7.08. The van der Waals surface area contributed by atoms with Crippen LogP contribution in [-0.2, 0) is 4.79 Å². The third-order valence-corrected chi connectivity index (χ3v) is 4.26. The van der Waals surface area contributed by atoms with Crippen molar-refractivity contribution in [1.82, 2.24) is 0 Å². The maximum atomic E-state index is 12.1. The number of amides is 1. The van der Waals surface area contributed by atoms with Gasteiger partial charge in [-0.1, -0.05) is 19.8 Å². The van der Waals surface area contributed by atoms with Crippen molar-refractivity contribution >= 4 is 28.7 Å². The van der Waals surface area contributed by atoms with Crippen LogP contribution in [0.15, 0.2) is 41.1 Å². The number of nitrogens with one attached hydrogen (secondary N) is 1. The second-order valence-electron chi connectivity index (χ2n) is 5.56. The van der Waals surface area contributed by atoms with Crippen LogP contribution in [0, 0.1) is 0 Å². The maximum Gasteiger partial charge on any atom is 0.224 e. The molecule has 1 aromatic heterocycles. The number of carbonyl (C=O) groups is 2. The Bertz CT molecular complexity index is 635. The van der Waals surface area contributed by atoms with Gasteiger partial charge in [-0.2, -0.15) is 11.3 Å². The van der Waals surface area contributed by atoms with Crippen LogP contribution >= 0.6 is 11.3 Å². The maximum absolute atomic E-state index is 12.1. The number of ketones is 1. The van der Waals surface area contributed by atoms with Crippen molar-refractivity contribution < 1.29 is 14.3 Å². The Morgan fingerprint density at radius 3 is 2.54 bits per heavy atom. The van der Waals surface area contributed by atoms with Crippen molar-refractivity contribution in [2.45, 2.75) is 39.0 Å². The van der Waals surface area contributed by atoms with Gasteiger partial charge in [-0.25, -0.2) is 0 Å². The molecule has 0 saturated heterocycles. The molecule has 0 unspecified atom stereocenters. The van der Waals surface area contributed by atoms with E-state index in [1.807, 2.05) is 29.0 Å². The standard InChI is InChI=1S/C19H23NO3S/c1-2-3-4-12-23-17-7-5-15(6-8-17)18(21)9-10-19(22)20-16-11-13-24-14-16/h5-8,11,13-14H,2-4,9-10,12H2,1H3,(H,20,22). The first-order chi connectivity index (χ1) is 11.7. The van der Waals surface area contributed by atoms with Crippen molar-refractivity contribution in [3.63, 3.8) is 0 Å². The number of thiophene rings is 1. The summed E-state index contributed by atoms with van der Waals surface area (Å²) >= 11 is 1.52. The number of carbonyl (C=O) groups excluding carboxylic acids is 2. The molecular weight excluding hydrogens is 322 g/mol. The number of anilines is 1. The van der Waals surface area contributed by atoms with Gasteiger partial charge < -0.3 is 10.1 Å². The Hall–Kier alpha value is -2.14. The van der Waals surface area contributed by atoms with E-state index in [2.05, 4.69) is 12.2 Å². The second kappa shape index (κ2) is 9.88. The summed E-state index contributed by atoms with van der Waals surface area (Å²) in [6, 6.07) is 8.97. The molecule has 2 rings (SSSR count). The van der Waals surface area contributed by atoms with E-state index < -0.39 is 0 Å². The van der Waals surface area contributed by atoms with Gasteiger partial charge in [0, 0.05) is 23.8 Å². The van der Waals surface area contributed by atoms with E-state index in [9.17, 15) is 9.59 Å². The van der Waals surface area contributed by atoms with Gasteiger partial charge >= 0.3 is 0 Å². The lowest BCUT2D eigenvalue weighted by atomic mass is 10.1. The summed E-state index contributed by atoms with van der Waals surface area (Å²) in [5.41, 5.74) is 1.39. The molecule has 1 aromatic carbocycles. The first-order valence-electron chi connectivity index (χ1n) is 8.27. The molecule has 1 N–H and O–H groups in total. The van der Waals surface area contributed by atoms with Gasteiger partial charge in [-0.05, 0) is 42.1 Å². The Balaban J connectivity index is 1.74. The third-order valence-electron chi connectivity index (χ3n) is 3.58. The average molecular weight is 345 g/mol. The van der Waals surface area contributed by atoms with Crippen molar-refractivity contribution in [2.24, 2.45) is 0 Å². The topological polar surface area (TPSA) is 55.4 Å². The number of benzene rings is 1. The van der Waals surface area contributed by atoms with E-state index in [4.69, 9.17) is 4.74 Å². The Labute approximate surface area is 146 Å². The monoisotopic (exact) mass is 345 g/mol. The molecule has 0 bridgehead atoms. The highest BCUT2D eigenvalue weighted by Crippen LogP contribution is 2.16. The molecule has 0 aliphatic carbocycles. The highest BCUT2D eigenvalue weighted by Gasteiger charge is 2.10. The summed E-state index contributed by atoms with van der Waals surface area (Å²) in [4.78, 5) is 23.9. The summed E-state index contributed by atoms with van der Waals surface area (Å²) in [5.74, 6) is 0.600. The van der Waals surface area contributed by atoms with E-state index in [0.29, 0.717) is 12.2 Å². The number of ether oxygens (including phenoxy) is 1. The summed E-state index contributed by atoms with van der Waals surface area (Å²) in [6.45, 7) is 2.85. The molecule has 0 fully saturated rings. The van der Waals surface area contributed by atoms with Crippen molar-refractivity contribution in [2.75, 3.05) is 11.9 Å². The quantitative estimate of drug-likeness (QED) is 0.491. The van der Waals surface area contributed by atoms with Crippen molar-refractivity contribution in [1.29, 1.82) is 0 Å². The Kier molecular flexibility index (Phi) is 7.49. The first kappa shape index (κ1) is 18.2. The minimum atomic E-state index is -0.141. The first-order valence-corrected chi connectivity index (χ1v) is 9.21. The van der Waals surface area contributed by atoms with Gasteiger partial charge in [-0.15, -0.1) is 0 Å². The molecule has 0 radical (unpaired) electrons. The van der Waals surface area contributed by atoms with Crippen molar-refractivity contribution in [3.05, 3.63) is 46.7 Å². The molecule has 128 valence electrons. The normalized spacial score (nSPS) is 10.4. The molecule has 0 saturated carbocycles. The van der Waals surface area contributed by atoms with E-state index in [1.54, 1.807) is 12.1 Å². The number of hydrogen-bond donors (Lipinski definition) is 1. The molecule has 0 atom stereocenters. The van der Waals surface area contributed by atoms with Gasteiger partial charge in [0.25, 0.3) is 0 Å². The number of Topliss-reactive ketones (excluding diaryl/α,β-unsaturated/α-hetero) is 1. The van der Waals surface area contributed by atoms with Crippen LogP contribution in [-0.4, -0.2) is 18.3 Å². The molecule has 1 heterocycles. The molecular formula is C19H23NO3S. The van der Waals surface area contributed by atoms with Crippen LogP contribution in [0.3, 0.4) is 0 Å². The summed E-state index contributed by atoms with van der Waals surface area (Å²) in [6.07, 6.45) is 3.74. The zero-order valence-corrected chi connectivity index (χ0v) is 14.7. The van der Waals surface area contributed by atoms with E-state index >= 15 is 0 Å². The molecule has 1 amide bonds. The lowest BCUT2D eigenvalue weighted by Gasteiger charge is -2.07. The minimum Gasteiger partial charge on any atom is -0.494 e. The van der Waals surface area contributed by atoms with Gasteiger partial charge in [-0.3, -0.25) is 9.59 Å². The fourth-order valence-electron chi connectivity index (χ4n) is 2.21. The number of hydrogen-bond acceptors (Lipinski definition) is 4. The molecule has 4 nitrogen and oxygen atoms in total. The highest BCUT2D eigenvalue weighted by atomic mass is 32.1. The van der Waals surface area contributed by atoms with Gasteiger partial charge in [0.2, 0.25) is 5.91 Å². The SMILES string of the molecule is CCCCCOc1ccc(C(=O)CCC(=O)Nc2ccsc2)cc1. The summed E-state index contributed by atoms with van der Waals surface area (Å²) in [5, 5.41) is 6.53. The van der Waals surface area contributed by atoms with Gasteiger partial charge in [0.1, 0.15) is 5.75 Å². The molecule has 2 aromatic rings. The van der Waals surface area contributed by atoms with Crippen molar-refractivity contribution in [3.8, 4) is 5.75 Å². The molecule has 0 aliphatic rings. The minimum absolute atomic E-state index is 0.0343. The Morgan fingerprint density at radius 1 is 1.08 bits per heavy atom. The predicted molar refractivity (Wildman–Crippen MR) is 98.0 cm³/mol. The lowest BCUT2D eigenvalue weighted by Crippen LogP contribution is -2.13. The molecule has 0 aliphatic heterocycles. The zero-order valence-electron chi connectivity index (χ0n) is 13.9. The van der Waals surface area contributed by atoms with E-state index in [0.717, 1.165) is 30.7 Å². The van der Waals surface area contributed by atoms with Crippen LogP contribution in [0.4, 0.5) is 5.69 Å². The summed E-state index contributed by atoms with van der Waals surface area (Å²) in [7, 11) is 0. The molecule has 5 heteroatoms. The summed E-state index contributed by atoms with van der Waals surface area (Å²) < 4.78 is 5.63. The van der Waals surface area contributed by atoms with Crippen LogP contribution in [0.2, 0.25) is 0 Å². The number of rotatable bonds is 10. The average Bonchev–Trinajstić information content (AvgIpc) is 3.10. The van der Waals surface area contributed by atoms with E-state index in [1.165, 1.54) is 11.3 Å². The van der Waals surface area contributed by atoms with Crippen LogP contribution < -0.4 is 10.1 Å². The Morgan fingerprint density at radius 2 is 1.88 bits per heavy atom. The fraction of sp³-hybridized carbons (Fsp3) is 0.368. The fourth-order valence-corrected chi connectivity index (χ4v) is 2.80. The molecule has 0 spiro atoms. The third kappa shape index (κ3) is 6.16. The number of unbranched alkanes of at least 4 members (excludes halogenated alkanes) is 2. The second-order valence-corrected chi connectivity index (χ2v) is 6.34. The van der Waals surface area contributed by atoms with E-state index in [-0.39, 0.29) is 24.5 Å². The smallest absolute Gasteiger partial charge is 0.224 e. The molecule has 24 heavy (non-hydrogen) atoms. The van der Waals surface area contributed by atoms with Crippen LogP contribution in [0.5, 0.6) is 5.75 Å². The lowest BCUT2D eigenvalue weighted by molar-refractivity contribution is -0.116. The van der Waals surface area contributed by atoms with Crippen LogP contribution in [0.1, 0.15) is 49.4 Å². The van der Waals surface area contributed by atoms with Gasteiger partial charge in [0.15, 0.2) is 5.78 Å². The zero-order chi connectivity index (χ0) is 17.2. The largest absolute Gasteiger partial charge is 0.494 e.